The Morgan fingerprint density at radius 1 is 1.16 bits per heavy atom. The van der Waals surface area contributed by atoms with Crippen LogP contribution in [-0.2, 0) is 24.2 Å². The minimum Gasteiger partial charge on any atom is -0.353 e. The number of hydrogen-bond donors (Lipinski definition) is 1. The zero-order valence-electron chi connectivity index (χ0n) is 16.2. The molecule has 0 fully saturated rings. The number of hydrogen-bond acceptors (Lipinski definition) is 2. The van der Waals surface area contributed by atoms with Gasteiger partial charge in [0.2, 0.25) is 5.91 Å². The molecule has 2 rings (SSSR count). The molecule has 1 amide bonds. The first-order valence-corrected chi connectivity index (χ1v) is 9.23. The second-order valence-electron chi connectivity index (χ2n) is 7.39. The molecule has 0 aliphatic heterocycles. The van der Waals surface area contributed by atoms with Crippen LogP contribution in [-0.4, -0.2) is 21.7 Å². The van der Waals surface area contributed by atoms with Gasteiger partial charge in [-0.1, -0.05) is 44.2 Å². The van der Waals surface area contributed by atoms with Crippen molar-refractivity contribution in [1.29, 1.82) is 0 Å². The molecule has 25 heavy (non-hydrogen) atoms. The van der Waals surface area contributed by atoms with Gasteiger partial charge in [-0.25, -0.2) is 0 Å². The normalized spacial score (nSPS) is 12.4. The van der Waals surface area contributed by atoms with Gasteiger partial charge >= 0.3 is 0 Å². The molecule has 0 aliphatic rings. The molecule has 1 aromatic carbocycles. The van der Waals surface area contributed by atoms with Gasteiger partial charge in [0.15, 0.2) is 0 Å². The molecule has 0 saturated carbocycles. The lowest BCUT2D eigenvalue weighted by Gasteiger charge is -2.14. The molecule has 1 N–H and O–H groups in total. The van der Waals surface area contributed by atoms with Crippen molar-refractivity contribution in [3.8, 4) is 0 Å². The fourth-order valence-corrected chi connectivity index (χ4v) is 3.10. The first-order valence-electron chi connectivity index (χ1n) is 9.23. The Labute approximate surface area is 151 Å². The lowest BCUT2D eigenvalue weighted by atomic mass is 10.1. The maximum Gasteiger partial charge on any atom is 0.224 e. The van der Waals surface area contributed by atoms with Crippen LogP contribution in [0, 0.1) is 19.8 Å². The summed E-state index contributed by atoms with van der Waals surface area (Å²) in [6, 6.07) is 10.6. The Balaban J connectivity index is 1.88. The third-order valence-corrected chi connectivity index (χ3v) is 4.52. The number of amides is 1. The summed E-state index contributed by atoms with van der Waals surface area (Å²) in [7, 11) is 0. The summed E-state index contributed by atoms with van der Waals surface area (Å²) in [5.74, 6) is 0.619. The number of rotatable bonds is 8. The number of nitrogens with zero attached hydrogens (tertiary/aromatic N) is 2. The van der Waals surface area contributed by atoms with Crippen LogP contribution in [0.3, 0.4) is 0 Å². The van der Waals surface area contributed by atoms with Gasteiger partial charge in [0.25, 0.3) is 0 Å². The summed E-state index contributed by atoms with van der Waals surface area (Å²) in [5.41, 5.74) is 4.45. The zero-order chi connectivity index (χ0) is 18.4. The SMILES string of the molecule is Cc1nn(CC(C)C)c(C)c1CC(=O)NC(C)CCc1ccccc1. The van der Waals surface area contributed by atoms with Gasteiger partial charge in [0, 0.05) is 23.8 Å². The lowest BCUT2D eigenvalue weighted by molar-refractivity contribution is -0.121. The van der Waals surface area contributed by atoms with Crippen molar-refractivity contribution in [2.24, 2.45) is 5.92 Å². The lowest BCUT2D eigenvalue weighted by Crippen LogP contribution is -2.34. The summed E-state index contributed by atoms with van der Waals surface area (Å²) >= 11 is 0. The molecule has 1 heterocycles. The van der Waals surface area contributed by atoms with E-state index in [0.717, 1.165) is 36.3 Å². The van der Waals surface area contributed by atoms with E-state index in [1.165, 1.54) is 5.56 Å². The predicted octanol–water partition coefficient (Wildman–Crippen LogP) is 3.84. The van der Waals surface area contributed by atoms with Crippen molar-refractivity contribution in [2.45, 2.75) is 66.5 Å². The van der Waals surface area contributed by atoms with Crippen LogP contribution in [0.1, 0.15) is 49.7 Å². The van der Waals surface area contributed by atoms with Gasteiger partial charge in [0.1, 0.15) is 0 Å². The molecule has 4 heteroatoms. The molecule has 0 aliphatic carbocycles. The van der Waals surface area contributed by atoms with E-state index in [4.69, 9.17) is 0 Å². The fraction of sp³-hybridized carbons (Fsp3) is 0.524. The van der Waals surface area contributed by atoms with Crippen LogP contribution in [0.2, 0.25) is 0 Å². The molecule has 136 valence electrons. The van der Waals surface area contributed by atoms with Crippen molar-refractivity contribution in [3.05, 3.63) is 52.8 Å². The van der Waals surface area contributed by atoms with Gasteiger partial charge in [-0.05, 0) is 45.1 Å². The highest BCUT2D eigenvalue weighted by atomic mass is 16.1. The van der Waals surface area contributed by atoms with Crippen LogP contribution >= 0.6 is 0 Å². The van der Waals surface area contributed by atoms with Crippen LogP contribution in [0.15, 0.2) is 30.3 Å². The van der Waals surface area contributed by atoms with Crippen molar-refractivity contribution in [1.82, 2.24) is 15.1 Å². The van der Waals surface area contributed by atoms with Crippen LogP contribution in [0.4, 0.5) is 0 Å². The highest BCUT2D eigenvalue weighted by Gasteiger charge is 2.16. The quantitative estimate of drug-likeness (QED) is 0.793. The van der Waals surface area contributed by atoms with Crippen LogP contribution < -0.4 is 5.32 Å². The van der Waals surface area contributed by atoms with E-state index in [9.17, 15) is 4.79 Å². The molecular weight excluding hydrogens is 310 g/mol. The average molecular weight is 341 g/mol. The van der Waals surface area contributed by atoms with Crippen molar-refractivity contribution in [2.75, 3.05) is 0 Å². The van der Waals surface area contributed by atoms with Crippen molar-refractivity contribution in [3.63, 3.8) is 0 Å². The second kappa shape index (κ2) is 8.84. The van der Waals surface area contributed by atoms with E-state index in [0.29, 0.717) is 12.3 Å². The first kappa shape index (κ1) is 19.2. The minimum atomic E-state index is 0.0795. The molecule has 1 unspecified atom stereocenters. The predicted molar refractivity (Wildman–Crippen MR) is 103 cm³/mol. The zero-order valence-corrected chi connectivity index (χ0v) is 16.2. The molecule has 0 spiro atoms. The van der Waals surface area contributed by atoms with E-state index in [2.05, 4.69) is 62.4 Å². The number of benzene rings is 1. The maximum absolute atomic E-state index is 12.4. The maximum atomic E-state index is 12.4. The third-order valence-electron chi connectivity index (χ3n) is 4.52. The molecule has 0 bridgehead atoms. The number of carbonyl (C=O) groups is 1. The van der Waals surface area contributed by atoms with Crippen LogP contribution in [0.5, 0.6) is 0 Å². The Kier molecular flexibility index (Phi) is 6.80. The van der Waals surface area contributed by atoms with E-state index in [-0.39, 0.29) is 11.9 Å². The summed E-state index contributed by atoms with van der Waals surface area (Å²) in [6.45, 7) is 11.4. The minimum absolute atomic E-state index is 0.0795. The summed E-state index contributed by atoms with van der Waals surface area (Å²) in [4.78, 5) is 12.4. The fourth-order valence-electron chi connectivity index (χ4n) is 3.10. The van der Waals surface area contributed by atoms with Gasteiger partial charge in [-0.2, -0.15) is 5.10 Å². The molecule has 4 nitrogen and oxygen atoms in total. The van der Waals surface area contributed by atoms with E-state index >= 15 is 0 Å². The smallest absolute Gasteiger partial charge is 0.224 e. The molecule has 0 saturated heterocycles. The topological polar surface area (TPSA) is 46.9 Å². The Hall–Kier alpha value is -2.10. The van der Waals surface area contributed by atoms with Gasteiger partial charge in [0.05, 0.1) is 12.1 Å². The van der Waals surface area contributed by atoms with E-state index < -0.39 is 0 Å². The van der Waals surface area contributed by atoms with Crippen molar-refractivity contribution >= 4 is 5.91 Å². The number of nitrogens with one attached hydrogen (secondary N) is 1. The second-order valence-corrected chi connectivity index (χ2v) is 7.39. The average Bonchev–Trinajstić information content (AvgIpc) is 2.81. The molecule has 1 aromatic heterocycles. The Morgan fingerprint density at radius 2 is 1.84 bits per heavy atom. The largest absolute Gasteiger partial charge is 0.353 e. The summed E-state index contributed by atoms with van der Waals surface area (Å²) < 4.78 is 2.03. The number of carbonyl (C=O) groups excluding carboxylic acids is 1. The third kappa shape index (κ3) is 5.73. The highest BCUT2D eigenvalue weighted by Crippen LogP contribution is 2.15. The molecular formula is C21H31N3O. The summed E-state index contributed by atoms with van der Waals surface area (Å²) in [5, 5.41) is 7.72. The summed E-state index contributed by atoms with van der Waals surface area (Å²) in [6.07, 6.45) is 2.33. The standard InChI is InChI=1S/C21H31N3O/c1-15(2)14-24-18(5)20(17(4)23-24)13-21(25)22-16(3)11-12-19-9-7-6-8-10-19/h6-10,15-16H,11-14H2,1-5H3,(H,22,25). The molecule has 1 atom stereocenters. The highest BCUT2D eigenvalue weighted by molar-refractivity contribution is 5.79. The van der Waals surface area contributed by atoms with Gasteiger partial charge in [-0.15, -0.1) is 0 Å². The van der Waals surface area contributed by atoms with E-state index in [1.54, 1.807) is 0 Å². The first-order chi connectivity index (χ1) is 11.9. The van der Waals surface area contributed by atoms with Gasteiger partial charge in [-0.3, -0.25) is 9.48 Å². The Morgan fingerprint density at radius 3 is 2.48 bits per heavy atom. The van der Waals surface area contributed by atoms with E-state index in [1.807, 2.05) is 17.7 Å². The number of aryl methyl sites for hydroxylation is 2. The van der Waals surface area contributed by atoms with Gasteiger partial charge < -0.3 is 5.32 Å². The monoisotopic (exact) mass is 341 g/mol. The molecule has 0 radical (unpaired) electrons. The van der Waals surface area contributed by atoms with Crippen LogP contribution in [0.25, 0.3) is 0 Å². The number of aromatic nitrogens is 2. The Bertz CT molecular complexity index is 689. The van der Waals surface area contributed by atoms with Crippen molar-refractivity contribution < 1.29 is 4.79 Å². The molecule has 2 aromatic rings.